The quantitative estimate of drug-likeness (QED) is 0.680. The highest BCUT2D eigenvalue weighted by molar-refractivity contribution is 5.91. The zero-order valence-electron chi connectivity index (χ0n) is 14.6. The van der Waals surface area contributed by atoms with E-state index in [1.807, 2.05) is 6.08 Å². The summed E-state index contributed by atoms with van der Waals surface area (Å²) >= 11 is 0. The number of carbonyl (C=O) groups is 1. The van der Waals surface area contributed by atoms with Gasteiger partial charge in [0.25, 0.3) is 0 Å². The van der Waals surface area contributed by atoms with Crippen molar-refractivity contribution < 1.29 is 4.79 Å². The zero-order chi connectivity index (χ0) is 16.2. The predicted molar refractivity (Wildman–Crippen MR) is 90.4 cm³/mol. The van der Waals surface area contributed by atoms with Gasteiger partial charge in [0.1, 0.15) is 0 Å². The summed E-state index contributed by atoms with van der Waals surface area (Å²) in [6.45, 7) is 4.76. The summed E-state index contributed by atoms with van der Waals surface area (Å²) in [4.78, 5) is 11.9. The Labute approximate surface area is 140 Å². The molecule has 0 aromatic rings. The summed E-state index contributed by atoms with van der Waals surface area (Å²) in [7, 11) is 0. The van der Waals surface area contributed by atoms with Gasteiger partial charge in [-0.25, -0.2) is 0 Å². The fourth-order valence-corrected chi connectivity index (χ4v) is 7.25. The number of fused-ring (bicyclic) bond motifs is 5. The van der Waals surface area contributed by atoms with Crippen LogP contribution in [0.4, 0.5) is 0 Å². The van der Waals surface area contributed by atoms with E-state index in [0.29, 0.717) is 11.2 Å². The van der Waals surface area contributed by atoms with Gasteiger partial charge in [0.05, 0.1) is 12.0 Å². The van der Waals surface area contributed by atoms with Crippen molar-refractivity contribution in [3.8, 4) is 6.07 Å². The van der Waals surface area contributed by atoms with E-state index >= 15 is 0 Å². The first-order valence-electron chi connectivity index (χ1n) is 9.68. The van der Waals surface area contributed by atoms with Crippen LogP contribution in [0, 0.1) is 45.8 Å². The molecule has 0 bridgehead atoms. The molecule has 4 aliphatic rings. The minimum absolute atomic E-state index is 0.265. The lowest BCUT2D eigenvalue weighted by Crippen LogP contribution is -2.51. The van der Waals surface area contributed by atoms with E-state index in [4.69, 9.17) is 0 Å². The highest BCUT2D eigenvalue weighted by atomic mass is 16.1. The van der Waals surface area contributed by atoms with Gasteiger partial charge in [-0.1, -0.05) is 19.4 Å². The second kappa shape index (κ2) is 5.20. The normalized spacial score (nSPS) is 48.7. The van der Waals surface area contributed by atoms with E-state index in [1.54, 1.807) is 0 Å². The standard InChI is InChI=1S/C21H29NO/c1-3-21-11-9-18-17(19(21)7-5-15(21)13-22)6-4-14-12-16(23)8-10-20(14,18)2/h12,15,17-19H,3-11H2,1-2H3/t15-,17-,18+,19+,20+,21-/m1/s1. The summed E-state index contributed by atoms with van der Waals surface area (Å²) in [5.74, 6) is 2.93. The first-order chi connectivity index (χ1) is 11.0. The largest absolute Gasteiger partial charge is 0.295 e. The molecule has 0 heterocycles. The van der Waals surface area contributed by atoms with Crippen LogP contribution in [-0.2, 0) is 4.79 Å². The van der Waals surface area contributed by atoms with Gasteiger partial charge in [-0.2, -0.15) is 5.26 Å². The van der Waals surface area contributed by atoms with Gasteiger partial charge in [-0.15, -0.1) is 0 Å². The van der Waals surface area contributed by atoms with Crippen LogP contribution in [0.25, 0.3) is 0 Å². The number of nitrogens with zero attached hydrogens (tertiary/aromatic N) is 1. The van der Waals surface area contributed by atoms with E-state index in [0.717, 1.165) is 43.4 Å². The molecule has 6 atom stereocenters. The molecule has 4 aliphatic carbocycles. The van der Waals surface area contributed by atoms with Crippen molar-refractivity contribution in [3.63, 3.8) is 0 Å². The Balaban J connectivity index is 1.69. The van der Waals surface area contributed by atoms with Gasteiger partial charge in [0.2, 0.25) is 0 Å². The fourth-order valence-electron chi connectivity index (χ4n) is 7.25. The van der Waals surface area contributed by atoms with Crippen molar-refractivity contribution in [3.05, 3.63) is 11.6 Å². The van der Waals surface area contributed by atoms with Crippen LogP contribution >= 0.6 is 0 Å². The molecule has 0 unspecified atom stereocenters. The average Bonchev–Trinajstić information content (AvgIpc) is 2.94. The summed E-state index contributed by atoms with van der Waals surface area (Å²) in [6.07, 6.45) is 12.3. The molecular weight excluding hydrogens is 282 g/mol. The first kappa shape index (κ1) is 15.4. The molecular formula is C21H29NO. The number of carbonyl (C=O) groups excluding carboxylic acids is 1. The maximum absolute atomic E-state index is 11.9. The van der Waals surface area contributed by atoms with Gasteiger partial charge in [0, 0.05) is 6.42 Å². The molecule has 0 aliphatic heterocycles. The molecule has 23 heavy (non-hydrogen) atoms. The summed E-state index contributed by atoms with van der Waals surface area (Å²) in [6, 6.07) is 2.67. The summed E-state index contributed by atoms with van der Waals surface area (Å²) < 4.78 is 0. The molecule has 0 N–H and O–H groups in total. The van der Waals surface area contributed by atoms with Crippen molar-refractivity contribution in [1.82, 2.24) is 0 Å². The minimum Gasteiger partial charge on any atom is -0.295 e. The molecule has 0 aromatic carbocycles. The maximum Gasteiger partial charge on any atom is 0.155 e. The summed E-state index contributed by atoms with van der Waals surface area (Å²) in [5.41, 5.74) is 2.02. The second-order valence-electron chi connectivity index (χ2n) is 8.85. The van der Waals surface area contributed by atoms with Gasteiger partial charge < -0.3 is 0 Å². The molecule has 2 heteroatoms. The Hall–Kier alpha value is -1.10. The van der Waals surface area contributed by atoms with Crippen molar-refractivity contribution in [2.24, 2.45) is 34.5 Å². The average molecular weight is 311 g/mol. The van der Waals surface area contributed by atoms with Gasteiger partial charge in [-0.3, -0.25) is 4.79 Å². The van der Waals surface area contributed by atoms with Gasteiger partial charge in [0.15, 0.2) is 5.78 Å². The first-order valence-corrected chi connectivity index (χ1v) is 9.68. The lowest BCUT2D eigenvalue weighted by atomic mass is 9.46. The van der Waals surface area contributed by atoms with Crippen LogP contribution in [0.5, 0.6) is 0 Å². The van der Waals surface area contributed by atoms with E-state index in [2.05, 4.69) is 19.9 Å². The predicted octanol–water partition coefficient (Wildman–Crippen LogP) is 5.05. The van der Waals surface area contributed by atoms with E-state index in [1.165, 1.54) is 37.7 Å². The molecule has 4 rings (SSSR count). The monoisotopic (exact) mass is 311 g/mol. The molecule has 0 amide bonds. The van der Waals surface area contributed by atoms with Crippen LogP contribution in [0.3, 0.4) is 0 Å². The molecule has 0 saturated heterocycles. The Bertz CT molecular complexity index is 599. The van der Waals surface area contributed by atoms with Crippen molar-refractivity contribution >= 4 is 5.78 Å². The molecule has 0 aromatic heterocycles. The highest BCUT2D eigenvalue weighted by Crippen LogP contribution is 2.67. The molecule has 3 fully saturated rings. The number of hydrogen-bond donors (Lipinski definition) is 0. The number of rotatable bonds is 1. The van der Waals surface area contributed by atoms with Gasteiger partial charge >= 0.3 is 0 Å². The maximum atomic E-state index is 11.9. The van der Waals surface area contributed by atoms with E-state index in [-0.39, 0.29) is 11.3 Å². The Morgan fingerprint density at radius 2 is 2.00 bits per heavy atom. The lowest BCUT2D eigenvalue weighted by Gasteiger charge is -2.58. The zero-order valence-corrected chi connectivity index (χ0v) is 14.6. The van der Waals surface area contributed by atoms with Crippen molar-refractivity contribution in [1.29, 1.82) is 5.26 Å². The molecule has 3 saturated carbocycles. The topological polar surface area (TPSA) is 40.9 Å². The number of hydrogen-bond acceptors (Lipinski definition) is 2. The minimum atomic E-state index is 0.265. The molecule has 124 valence electrons. The number of ketones is 1. The Morgan fingerprint density at radius 1 is 1.17 bits per heavy atom. The SMILES string of the molecule is CC[C@]12CC[C@H]3[C@@H](CCC4=CC(=O)CC[C@@]43C)[C@@H]1CC[C@@H]2C#N. The summed E-state index contributed by atoms with van der Waals surface area (Å²) in [5, 5.41) is 9.67. The van der Waals surface area contributed by atoms with Gasteiger partial charge in [-0.05, 0) is 86.0 Å². The smallest absolute Gasteiger partial charge is 0.155 e. The Kier molecular flexibility index (Phi) is 3.49. The van der Waals surface area contributed by atoms with E-state index in [9.17, 15) is 10.1 Å². The van der Waals surface area contributed by atoms with Crippen molar-refractivity contribution in [2.75, 3.05) is 0 Å². The van der Waals surface area contributed by atoms with Crippen LogP contribution in [-0.4, -0.2) is 5.78 Å². The third-order valence-electron chi connectivity index (χ3n) is 8.49. The highest BCUT2D eigenvalue weighted by Gasteiger charge is 2.60. The van der Waals surface area contributed by atoms with Crippen LogP contribution in [0.1, 0.15) is 71.6 Å². The van der Waals surface area contributed by atoms with E-state index < -0.39 is 0 Å². The van der Waals surface area contributed by atoms with Crippen LogP contribution in [0.15, 0.2) is 11.6 Å². The third-order valence-corrected chi connectivity index (χ3v) is 8.49. The molecule has 0 radical (unpaired) electrons. The second-order valence-corrected chi connectivity index (χ2v) is 8.85. The molecule has 0 spiro atoms. The van der Waals surface area contributed by atoms with Crippen LogP contribution < -0.4 is 0 Å². The van der Waals surface area contributed by atoms with Crippen LogP contribution in [0.2, 0.25) is 0 Å². The third kappa shape index (κ3) is 1.95. The fraction of sp³-hybridized carbons (Fsp3) is 0.810. The Morgan fingerprint density at radius 3 is 2.74 bits per heavy atom. The van der Waals surface area contributed by atoms with Crippen molar-refractivity contribution in [2.45, 2.75) is 71.6 Å². The number of nitriles is 1. The molecule has 2 nitrogen and oxygen atoms in total. The number of allylic oxidation sites excluding steroid dienone is 1. The lowest BCUT2D eigenvalue weighted by molar-refractivity contribution is -0.117.